The van der Waals surface area contributed by atoms with Crippen LogP contribution in [0.3, 0.4) is 0 Å². The Kier molecular flexibility index (Phi) is 4.46. The molecule has 6 heteroatoms. The number of pyridine rings is 1. The maximum Gasteiger partial charge on any atom is 0.319 e. The number of nitrogens with one attached hydrogen (secondary N) is 2. The molecular formula is C18H19N3O3. The highest BCUT2D eigenvalue weighted by atomic mass is 16.4. The second-order valence-electron chi connectivity index (χ2n) is 6.07. The van der Waals surface area contributed by atoms with Gasteiger partial charge in [0.1, 0.15) is 0 Å². The molecule has 24 heavy (non-hydrogen) atoms. The molecule has 1 fully saturated rings. The van der Waals surface area contributed by atoms with E-state index >= 15 is 0 Å². The van der Waals surface area contributed by atoms with Gasteiger partial charge in [0.15, 0.2) is 0 Å². The topological polar surface area (TPSA) is 91.3 Å². The SMILES string of the molecule is Cc1cc(NC(=O)NC2CC(C(=O)O)C2)ccc1-c1ccncc1. The van der Waals surface area contributed by atoms with Gasteiger partial charge >= 0.3 is 12.0 Å². The molecule has 0 atom stereocenters. The van der Waals surface area contributed by atoms with Gasteiger partial charge in [-0.2, -0.15) is 0 Å². The van der Waals surface area contributed by atoms with Gasteiger partial charge in [-0.15, -0.1) is 0 Å². The molecule has 6 nitrogen and oxygen atoms in total. The normalized spacial score (nSPS) is 19.2. The number of hydrogen-bond acceptors (Lipinski definition) is 3. The third-order valence-corrected chi connectivity index (χ3v) is 4.30. The summed E-state index contributed by atoms with van der Waals surface area (Å²) < 4.78 is 0. The minimum atomic E-state index is -0.796. The highest BCUT2D eigenvalue weighted by Gasteiger charge is 2.35. The van der Waals surface area contributed by atoms with Crippen LogP contribution in [0.1, 0.15) is 18.4 Å². The van der Waals surface area contributed by atoms with E-state index in [0.29, 0.717) is 18.5 Å². The van der Waals surface area contributed by atoms with Gasteiger partial charge in [0, 0.05) is 24.1 Å². The van der Waals surface area contributed by atoms with Crippen LogP contribution in [0.4, 0.5) is 10.5 Å². The van der Waals surface area contributed by atoms with Crippen LogP contribution in [-0.2, 0) is 4.79 Å². The average Bonchev–Trinajstić information content (AvgIpc) is 2.51. The van der Waals surface area contributed by atoms with Crippen LogP contribution in [0, 0.1) is 12.8 Å². The van der Waals surface area contributed by atoms with Crippen molar-refractivity contribution in [3.8, 4) is 11.1 Å². The van der Waals surface area contributed by atoms with Gasteiger partial charge < -0.3 is 15.7 Å². The number of aromatic nitrogens is 1. The minimum absolute atomic E-state index is 0.0664. The van der Waals surface area contributed by atoms with Crippen molar-refractivity contribution in [3.63, 3.8) is 0 Å². The van der Waals surface area contributed by atoms with Crippen molar-refractivity contribution in [1.82, 2.24) is 10.3 Å². The number of anilines is 1. The Hall–Kier alpha value is -2.89. The van der Waals surface area contributed by atoms with Crippen LogP contribution < -0.4 is 10.6 Å². The van der Waals surface area contributed by atoms with Crippen LogP contribution in [0.2, 0.25) is 0 Å². The van der Waals surface area contributed by atoms with Gasteiger partial charge in [-0.05, 0) is 60.7 Å². The van der Waals surface area contributed by atoms with E-state index in [2.05, 4.69) is 15.6 Å². The second-order valence-corrected chi connectivity index (χ2v) is 6.07. The third-order valence-electron chi connectivity index (χ3n) is 4.30. The maximum absolute atomic E-state index is 12.0. The lowest BCUT2D eigenvalue weighted by molar-refractivity contribution is -0.145. The van der Waals surface area contributed by atoms with Gasteiger partial charge in [-0.3, -0.25) is 9.78 Å². The molecule has 0 bridgehead atoms. The van der Waals surface area contributed by atoms with E-state index in [-0.39, 0.29) is 18.0 Å². The largest absolute Gasteiger partial charge is 0.481 e. The number of aryl methyl sites for hydroxylation is 1. The highest BCUT2D eigenvalue weighted by Crippen LogP contribution is 2.28. The maximum atomic E-state index is 12.0. The standard InChI is InChI=1S/C18H19N3O3/c1-11-8-14(2-3-16(11)12-4-6-19-7-5-12)20-18(24)21-15-9-13(10-15)17(22)23/h2-8,13,15H,9-10H2,1H3,(H,22,23)(H2,20,21,24). The van der Waals surface area contributed by atoms with E-state index in [1.165, 1.54) is 0 Å². The van der Waals surface area contributed by atoms with E-state index in [9.17, 15) is 9.59 Å². The Labute approximate surface area is 139 Å². The van der Waals surface area contributed by atoms with Crippen molar-refractivity contribution in [1.29, 1.82) is 0 Å². The molecule has 1 aromatic heterocycles. The van der Waals surface area contributed by atoms with Crippen molar-refractivity contribution in [2.24, 2.45) is 5.92 Å². The number of rotatable bonds is 4. The summed E-state index contributed by atoms with van der Waals surface area (Å²) in [6, 6.07) is 9.24. The fraction of sp³-hybridized carbons (Fsp3) is 0.278. The summed E-state index contributed by atoms with van der Waals surface area (Å²) in [5.41, 5.74) is 3.92. The molecule has 0 unspecified atom stereocenters. The zero-order valence-electron chi connectivity index (χ0n) is 13.3. The summed E-state index contributed by atoms with van der Waals surface area (Å²) in [6.45, 7) is 1.99. The molecule has 3 rings (SSSR count). The van der Waals surface area contributed by atoms with Crippen molar-refractivity contribution in [2.45, 2.75) is 25.8 Å². The predicted molar refractivity (Wildman–Crippen MR) is 90.7 cm³/mol. The number of carbonyl (C=O) groups excluding carboxylic acids is 1. The number of nitrogens with zero attached hydrogens (tertiary/aromatic N) is 1. The fourth-order valence-corrected chi connectivity index (χ4v) is 2.89. The van der Waals surface area contributed by atoms with E-state index < -0.39 is 5.97 Å². The Morgan fingerprint density at radius 1 is 1.17 bits per heavy atom. The molecule has 1 aliphatic carbocycles. The van der Waals surface area contributed by atoms with Crippen molar-refractivity contribution in [3.05, 3.63) is 48.3 Å². The lowest BCUT2D eigenvalue weighted by atomic mass is 9.80. The zero-order valence-corrected chi connectivity index (χ0v) is 13.3. The average molecular weight is 325 g/mol. The lowest BCUT2D eigenvalue weighted by Crippen LogP contribution is -2.48. The number of urea groups is 1. The van der Waals surface area contributed by atoms with E-state index in [1.807, 2.05) is 37.3 Å². The summed E-state index contributed by atoms with van der Waals surface area (Å²) in [5, 5.41) is 14.4. The first-order chi connectivity index (χ1) is 11.5. The number of carbonyl (C=O) groups is 2. The summed E-state index contributed by atoms with van der Waals surface area (Å²) in [6.07, 6.45) is 4.47. The molecule has 124 valence electrons. The number of carboxylic acid groups (broad SMARTS) is 1. The van der Waals surface area contributed by atoms with Crippen molar-refractivity contribution < 1.29 is 14.7 Å². The molecule has 1 saturated carbocycles. The van der Waals surface area contributed by atoms with E-state index in [4.69, 9.17) is 5.11 Å². The lowest BCUT2D eigenvalue weighted by Gasteiger charge is -2.32. The predicted octanol–water partition coefficient (Wildman–Crippen LogP) is 3.04. The first-order valence-corrected chi connectivity index (χ1v) is 7.84. The summed E-state index contributed by atoms with van der Waals surface area (Å²) >= 11 is 0. The molecule has 0 aliphatic heterocycles. The molecular weight excluding hydrogens is 306 g/mol. The first-order valence-electron chi connectivity index (χ1n) is 7.84. The zero-order chi connectivity index (χ0) is 17.1. The molecule has 1 heterocycles. The molecule has 2 amide bonds. The van der Waals surface area contributed by atoms with Crippen LogP contribution >= 0.6 is 0 Å². The first kappa shape index (κ1) is 16.0. The quantitative estimate of drug-likeness (QED) is 0.806. The third kappa shape index (κ3) is 3.53. The van der Waals surface area contributed by atoms with Gasteiger partial charge in [0.05, 0.1) is 5.92 Å². The fourth-order valence-electron chi connectivity index (χ4n) is 2.89. The van der Waals surface area contributed by atoms with Crippen LogP contribution in [-0.4, -0.2) is 28.1 Å². The number of aliphatic carboxylic acids is 1. The van der Waals surface area contributed by atoms with Gasteiger partial charge in [-0.1, -0.05) is 6.07 Å². The van der Waals surface area contributed by atoms with E-state index in [0.717, 1.165) is 16.7 Å². The highest BCUT2D eigenvalue weighted by molar-refractivity contribution is 5.90. The van der Waals surface area contributed by atoms with Crippen molar-refractivity contribution in [2.75, 3.05) is 5.32 Å². The second kappa shape index (κ2) is 6.70. The smallest absolute Gasteiger partial charge is 0.319 e. The van der Waals surface area contributed by atoms with Gasteiger partial charge in [-0.25, -0.2) is 4.79 Å². The number of amides is 2. The van der Waals surface area contributed by atoms with E-state index in [1.54, 1.807) is 12.4 Å². The Morgan fingerprint density at radius 2 is 1.88 bits per heavy atom. The molecule has 0 spiro atoms. The van der Waals surface area contributed by atoms with Crippen LogP contribution in [0.15, 0.2) is 42.7 Å². The molecule has 1 aromatic carbocycles. The van der Waals surface area contributed by atoms with Crippen LogP contribution in [0.25, 0.3) is 11.1 Å². The number of hydrogen-bond donors (Lipinski definition) is 3. The van der Waals surface area contributed by atoms with Crippen molar-refractivity contribution >= 4 is 17.7 Å². The van der Waals surface area contributed by atoms with Gasteiger partial charge in [0.2, 0.25) is 0 Å². The molecule has 0 radical (unpaired) electrons. The van der Waals surface area contributed by atoms with Gasteiger partial charge in [0.25, 0.3) is 0 Å². The summed E-state index contributed by atoms with van der Waals surface area (Å²) in [5.74, 6) is -1.13. The minimum Gasteiger partial charge on any atom is -0.481 e. The summed E-state index contributed by atoms with van der Waals surface area (Å²) in [7, 11) is 0. The molecule has 1 aliphatic rings. The van der Waals surface area contributed by atoms with Crippen LogP contribution in [0.5, 0.6) is 0 Å². The number of carboxylic acids is 1. The monoisotopic (exact) mass is 325 g/mol. The Bertz CT molecular complexity index is 755. The Morgan fingerprint density at radius 3 is 2.50 bits per heavy atom. The molecule has 0 saturated heterocycles. The number of benzene rings is 1. The molecule has 3 N–H and O–H groups in total. The molecule has 2 aromatic rings. The Balaban J connectivity index is 1.59. The summed E-state index contributed by atoms with van der Waals surface area (Å²) in [4.78, 5) is 26.8.